The second kappa shape index (κ2) is 7.00. The second-order valence-corrected chi connectivity index (χ2v) is 4.95. The fraction of sp³-hybridized carbons (Fsp3) is 0.667. The molecule has 6 heteroatoms. The van der Waals surface area contributed by atoms with Crippen molar-refractivity contribution in [3.63, 3.8) is 0 Å². The van der Waals surface area contributed by atoms with Crippen LogP contribution in [0.3, 0.4) is 0 Å². The quantitative estimate of drug-likeness (QED) is 0.585. The number of carboxylic acids is 1. The fourth-order valence-corrected chi connectivity index (χ4v) is 1.05. The van der Waals surface area contributed by atoms with Crippen LogP contribution in [-0.4, -0.2) is 54.2 Å². The van der Waals surface area contributed by atoms with Crippen molar-refractivity contribution < 1.29 is 14.7 Å². The third kappa shape index (κ3) is 5.67. The molecular formula is C12H23N3O3. The first kappa shape index (κ1) is 16.4. The van der Waals surface area contributed by atoms with E-state index in [2.05, 4.69) is 17.2 Å². The monoisotopic (exact) mass is 257 g/mol. The maximum Gasteiger partial charge on any atom is 0.326 e. The maximum absolute atomic E-state index is 11.6. The number of aliphatic carboxylic acids is 1. The summed E-state index contributed by atoms with van der Waals surface area (Å²) in [5, 5.41) is 13.9. The van der Waals surface area contributed by atoms with E-state index in [1.165, 1.54) is 6.08 Å². The van der Waals surface area contributed by atoms with Crippen LogP contribution in [0.5, 0.6) is 0 Å². The molecule has 0 aliphatic rings. The normalized spacial score (nSPS) is 12.9. The van der Waals surface area contributed by atoms with E-state index in [-0.39, 0.29) is 12.0 Å². The van der Waals surface area contributed by atoms with E-state index in [0.29, 0.717) is 6.54 Å². The summed E-state index contributed by atoms with van der Waals surface area (Å²) in [6, 6.07) is -1.43. The zero-order valence-electron chi connectivity index (χ0n) is 11.5. The molecule has 3 N–H and O–H groups in total. The van der Waals surface area contributed by atoms with Crippen LogP contribution in [0, 0.1) is 0 Å². The van der Waals surface area contributed by atoms with Gasteiger partial charge in [-0.15, -0.1) is 6.58 Å². The lowest BCUT2D eigenvalue weighted by Crippen LogP contribution is -2.52. The van der Waals surface area contributed by atoms with Gasteiger partial charge in [-0.3, -0.25) is 0 Å². The Hall–Kier alpha value is -1.56. The van der Waals surface area contributed by atoms with Crippen molar-refractivity contribution in [2.24, 2.45) is 0 Å². The maximum atomic E-state index is 11.6. The van der Waals surface area contributed by atoms with Gasteiger partial charge in [0.15, 0.2) is 0 Å². The third-order valence-corrected chi connectivity index (χ3v) is 2.90. The molecule has 0 saturated carbocycles. The van der Waals surface area contributed by atoms with Crippen molar-refractivity contribution in [3.8, 4) is 0 Å². The van der Waals surface area contributed by atoms with E-state index >= 15 is 0 Å². The van der Waals surface area contributed by atoms with Crippen LogP contribution >= 0.6 is 0 Å². The molecule has 104 valence electrons. The zero-order valence-corrected chi connectivity index (χ0v) is 11.5. The van der Waals surface area contributed by atoms with Crippen LogP contribution in [0.4, 0.5) is 4.79 Å². The van der Waals surface area contributed by atoms with Gasteiger partial charge in [-0.1, -0.05) is 6.08 Å². The first-order valence-electron chi connectivity index (χ1n) is 5.76. The number of carboxylic acid groups (broad SMARTS) is 1. The first-order chi connectivity index (χ1) is 8.20. The standard InChI is InChI=1S/C12H23N3O3/c1-6-7-9(10(16)17)14-11(18)13-8-12(2,3)15(4)5/h6,9H,1,7-8H2,2-5H3,(H,16,17)(H2,13,14,18). The van der Waals surface area contributed by atoms with Crippen LogP contribution < -0.4 is 10.6 Å². The summed E-state index contributed by atoms with van der Waals surface area (Å²) in [6.07, 6.45) is 1.66. The van der Waals surface area contributed by atoms with Gasteiger partial charge >= 0.3 is 12.0 Å². The van der Waals surface area contributed by atoms with Gasteiger partial charge in [0.2, 0.25) is 0 Å². The predicted octanol–water partition coefficient (Wildman–Crippen LogP) is 0.655. The van der Waals surface area contributed by atoms with Gasteiger partial charge in [-0.2, -0.15) is 0 Å². The summed E-state index contributed by atoms with van der Waals surface area (Å²) in [5.74, 6) is -1.07. The molecule has 0 fully saturated rings. The summed E-state index contributed by atoms with van der Waals surface area (Å²) in [4.78, 5) is 24.4. The number of carbonyl (C=O) groups excluding carboxylic acids is 1. The lowest BCUT2D eigenvalue weighted by molar-refractivity contribution is -0.139. The highest BCUT2D eigenvalue weighted by Gasteiger charge is 2.23. The molecule has 0 aliphatic carbocycles. The van der Waals surface area contributed by atoms with Gasteiger partial charge in [0.1, 0.15) is 6.04 Å². The molecule has 6 nitrogen and oxygen atoms in total. The molecule has 0 heterocycles. The van der Waals surface area contributed by atoms with Crippen LogP contribution in [0.2, 0.25) is 0 Å². The highest BCUT2D eigenvalue weighted by molar-refractivity contribution is 5.82. The summed E-state index contributed by atoms with van der Waals surface area (Å²) in [6.45, 7) is 7.84. The Balaban J connectivity index is 4.26. The van der Waals surface area contributed by atoms with Crippen molar-refractivity contribution in [2.75, 3.05) is 20.6 Å². The average molecular weight is 257 g/mol. The van der Waals surface area contributed by atoms with Gasteiger partial charge in [0.05, 0.1) is 0 Å². The minimum Gasteiger partial charge on any atom is -0.480 e. The minimum absolute atomic E-state index is 0.194. The van der Waals surface area contributed by atoms with E-state index < -0.39 is 18.0 Å². The number of amides is 2. The Bertz CT molecular complexity index is 314. The van der Waals surface area contributed by atoms with Gasteiger partial charge < -0.3 is 20.6 Å². The second-order valence-electron chi connectivity index (χ2n) is 4.95. The molecule has 1 atom stereocenters. The van der Waals surface area contributed by atoms with Gasteiger partial charge in [0.25, 0.3) is 0 Å². The summed E-state index contributed by atoms with van der Waals surface area (Å²) in [5.41, 5.74) is -0.200. The van der Waals surface area contributed by atoms with E-state index in [9.17, 15) is 9.59 Å². The van der Waals surface area contributed by atoms with Gasteiger partial charge in [-0.25, -0.2) is 9.59 Å². The Labute approximate surface area is 108 Å². The van der Waals surface area contributed by atoms with Crippen molar-refractivity contribution in [3.05, 3.63) is 12.7 Å². The molecule has 0 aromatic heterocycles. The number of nitrogens with zero attached hydrogens (tertiary/aromatic N) is 1. The Morgan fingerprint density at radius 2 is 2.00 bits per heavy atom. The van der Waals surface area contributed by atoms with E-state index in [1.54, 1.807) is 0 Å². The Morgan fingerprint density at radius 3 is 2.39 bits per heavy atom. The molecule has 0 aromatic carbocycles. The number of urea groups is 1. The van der Waals surface area contributed by atoms with Crippen molar-refractivity contribution in [1.29, 1.82) is 0 Å². The van der Waals surface area contributed by atoms with Crippen LogP contribution in [-0.2, 0) is 4.79 Å². The third-order valence-electron chi connectivity index (χ3n) is 2.90. The summed E-state index contributed by atoms with van der Waals surface area (Å²) in [7, 11) is 3.83. The minimum atomic E-state index is -1.07. The summed E-state index contributed by atoms with van der Waals surface area (Å²) < 4.78 is 0. The molecular weight excluding hydrogens is 234 g/mol. The van der Waals surface area contributed by atoms with E-state index in [1.807, 2.05) is 32.8 Å². The van der Waals surface area contributed by atoms with Crippen molar-refractivity contribution in [1.82, 2.24) is 15.5 Å². The average Bonchev–Trinajstić information content (AvgIpc) is 2.25. The lowest BCUT2D eigenvalue weighted by Gasteiger charge is -2.32. The molecule has 0 saturated heterocycles. The molecule has 0 spiro atoms. The predicted molar refractivity (Wildman–Crippen MR) is 70.5 cm³/mol. The van der Waals surface area contributed by atoms with Crippen molar-refractivity contribution >= 4 is 12.0 Å². The van der Waals surface area contributed by atoms with E-state index in [4.69, 9.17) is 5.11 Å². The smallest absolute Gasteiger partial charge is 0.326 e. The molecule has 1 unspecified atom stereocenters. The van der Waals surface area contributed by atoms with Crippen molar-refractivity contribution in [2.45, 2.75) is 31.8 Å². The highest BCUT2D eigenvalue weighted by atomic mass is 16.4. The van der Waals surface area contributed by atoms with Crippen LogP contribution in [0.1, 0.15) is 20.3 Å². The zero-order chi connectivity index (χ0) is 14.3. The molecule has 2 amide bonds. The topological polar surface area (TPSA) is 81.7 Å². The highest BCUT2D eigenvalue weighted by Crippen LogP contribution is 2.07. The molecule has 0 aliphatic heterocycles. The van der Waals surface area contributed by atoms with Gasteiger partial charge in [-0.05, 0) is 34.4 Å². The number of hydrogen-bond acceptors (Lipinski definition) is 3. The van der Waals surface area contributed by atoms with Crippen LogP contribution in [0.15, 0.2) is 12.7 Å². The molecule has 0 rings (SSSR count). The number of nitrogens with one attached hydrogen (secondary N) is 2. The molecule has 0 radical (unpaired) electrons. The Kier molecular flexibility index (Phi) is 6.40. The number of hydrogen-bond donors (Lipinski definition) is 3. The summed E-state index contributed by atoms with van der Waals surface area (Å²) >= 11 is 0. The SMILES string of the molecule is C=CCC(NC(=O)NCC(C)(C)N(C)C)C(=O)O. The number of likely N-dealkylation sites (N-methyl/N-ethyl adjacent to an activating group) is 1. The van der Waals surface area contributed by atoms with E-state index in [0.717, 1.165) is 0 Å². The lowest BCUT2D eigenvalue weighted by atomic mass is 10.0. The number of rotatable bonds is 7. The largest absolute Gasteiger partial charge is 0.480 e. The Morgan fingerprint density at radius 1 is 1.44 bits per heavy atom. The first-order valence-corrected chi connectivity index (χ1v) is 5.76. The van der Waals surface area contributed by atoms with Crippen LogP contribution in [0.25, 0.3) is 0 Å². The number of carbonyl (C=O) groups is 2. The molecule has 0 bridgehead atoms. The van der Waals surface area contributed by atoms with Gasteiger partial charge in [0, 0.05) is 12.1 Å². The fourth-order valence-electron chi connectivity index (χ4n) is 1.05. The molecule has 0 aromatic rings. The molecule has 18 heavy (non-hydrogen) atoms.